The third-order valence-electron chi connectivity index (χ3n) is 2.41. The van der Waals surface area contributed by atoms with E-state index in [1.807, 2.05) is 6.92 Å². The molecule has 14 heavy (non-hydrogen) atoms. The van der Waals surface area contributed by atoms with E-state index < -0.39 is 5.54 Å². The van der Waals surface area contributed by atoms with Gasteiger partial charge in [0.05, 0.1) is 5.54 Å². The van der Waals surface area contributed by atoms with Crippen LogP contribution in [0.25, 0.3) is 0 Å². The first-order valence-corrected chi connectivity index (χ1v) is 5.26. The van der Waals surface area contributed by atoms with Gasteiger partial charge in [0, 0.05) is 6.54 Å². The lowest BCUT2D eigenvalue weighted by molar-refractivity contribution is -0.125. The predicted molar refractivity (Wildman–Crippen MR) is 60.0 cm³/mol. The molecule has 3 N–H and O–H groups in total. The van der Waals surface area contributed by atoms with Crippen molar-refractivity contribution in [1.82, 2.24) is 5.32 Å². The van der Waals surface area contributed by atoms with Gasteiger partial charge in [0.25, 0.3) is 0 Å². The molecule has 0 fully saturated rings. The van der Waals surface area contributed by atoms with Crippen molar-refractivity contribution in [3.63, 3.8) is 0 Å². The maximum Gasteiger partial charge on any atom is 0.239 e. The summed E-state index contributed by atoms with van der Waals surface area (Å²) in [6.07, 6.45) is 1.63. The largest absolute Gasteiger partial charge is 0.354 e. The van der Waals surface area contributed by atoms with E-state index in [2.05, 4.69) is 26.1 Å². The lowest BCUT2D eigenvalue weighted by atomic mass is 9.92. The molecule has 0 aliphatic heterocycles. The zero-order valence-corrected chi connectivity index (χ0v) is 10.1. The van der Waals surface area contributed by atoms with Gasteiger partial charge in [0.2, 0.25) is 5.91 Å². The number of amides is 1. The smallest absolute Gasteiger partial charge is 0.239 e. The van der Waals surface area contributed by atoms with Crippen LogP contribution in [0.15, 0.2) is 0 Å². The molecule has 0 saturated heterocycles. The van der Waals surface area contributed by atoms with Gasteiger partial charge in [-0.05, 0) is 25.2 Å². The van der Waals surface area contributed by atoms with E-state index in [1.165, 1.54) is 0 Å². The fourth-order valence-corrected chi connectivity index (χ4v) is 0.914. The maximum absolute atomic E-state index is 11.5. The van der Waals surface area contributed by atoms with E-state index >= 15 is 0 Å². The molecule has 0 aromatic carbocycles. The summed E-state index contributed by atoms with van der Waals surface area (Å²) in [5, 5.41) is 2.87. The van der Waals surface area contributed by atoms with Crippen molar-refractivity contribution in [1.29, 1.82) is 0 Å². The van der Waals surface area contributed by atoms with Crippen molar-refractivity contribution in [2.45, 2.75) is 53.0 Å². The van der Waals surface area contributed by atoms with E-state index in [0.29, 0.717) is 13.0 Å². The average molecular weight is 200 g/mol. The second-order valence-electron chi connectivity index (χ2n) is 5.34. The molecule has 0 aliphatic rings. The minimum Gasteiger partial charge on any atom is -0.354 e. The van der Waals surface area contributed by atoms with Gasteiger partial charge < -0.3 is 11.1 Å². The first kappa shape index (κ1) is 13.4. The minimum absolute atomic E-state index is 0.0516. The van der Waals surface area contributed by atoms with Crippen LogP contribution in [-0.2, 0) is 4.79 Å². The van der Waals surface area contributed by atoms with Crippen molar-refractivity contribution < 1.29 is 4.79 Å². The third kappa shape index (κ3) is 5.22. The molecular formula is C11H24N2O. The highest BCUT2D eigenvalue weighted by atomic mass is 16.2. The number of hydrogen-bond acceptors (Lipinski definition) is 2. The molecule has 1 unspecified atom stereocenters. The van der Waals surface area contributed by atoms with Gasteiger partial charge in [-0.2, -0.15) is 0 Å². The number of rotatable bonds is 4. The minimum atomic E-state index is -0.724. The van der Waals surface area contributed by atoms with Gasteiger partial charge >= 0.3 is 0 Å². The molecule has 0 aromatic heterocycles. The van der Waals surface area contributed by atoms with E-state index in [4.69, 9.17) is 5.73 Å². The molecule has 0 radical (unpaired) electrons. The summed E-state index contributed by atoms with van der Waals surface area (Å²) in [4.78, 5) is 11.5. The van der Waals surface area contributed by atoms with Crippen molar-refractivity contribution in [3.05, 3.63) is 0 Å². The predicted octanol–water partition coefficient (Wildman–Crippen LogP) is 1.67. The Bertz CT molecular complexity index is 192. The zero-order valence-electron chi connectivity index (χ0n) is 10.1. The Morgan fingerprint density at radius 2 is 1.79 bits per heavy atom. The van der Waals surface area contributed by atoms with Gasteiger partial charge in [0.1, 0.15) is 0 Å². The summed E-state index contributed by atoms with van der Waals surface area (Å²) in [6, 6.07) is 0. The molecule has 1 amide bonds. The molecule has 0 bridgehead atoms. The standard InChI is InChI=1S/C11H24N2O/c1-6-11(5,12)9(14)13-8-7-10(2,3)4/h6-8,12H2,1-5H3,(H,13,14). The summed E-state index contributed by atoms with van der Waals surface area (Å²) in [6.45, 7) is 10.8. The summed E-state index contributed by atoms with van der Waals surface area (Å²) in [7, 11) is 0. The first-order chi connectivity index (χ1) is 6.19. The Kier molecular flexibility index (Phi) is 4.59. The zero-order chi connectivity index (χ0) is 11.4. The number of carbonyl (C=O) groups is 1. The van der Waals surface area contributed by atoms with Crippen molar-refractivity contribution in [2.24, 2.45) is 11.1 Å². The van der Waals surface area contributed by atoms with Crippen molar-refractivity contribution in [2.75, 3.05) is 6.54 Å². The van der Waals surface area contributed by atoms with Crippen LogP contribution in [0.5, 0.6) is 0 Å². The van der Waals surface area contributed by atoms with E-state index in [0.717, 1.165) is 6.42 Å². The lowest BCUT2D eigenvalue weighted by Gasteiger charge is -2.23. The number of hydrogen-bond donors (Lipinski definition) is 2. The van der Waals surface area contributed by atoms with E-state index in [9.17, 15) is 4.79 Å². The maximum atomic E-state index is 11.5. The fraction of sp³-hybridized carbons (Fsp3) is 0.909. The Balaban J connectivity index is 3.87. The molecule has 0 aliphatic carbocycles. The first-order valence-electron chi connectivity index (χ1n) is 5.26. The highest BCUT2D eigenvalue weighted by Gasteiger charge is 2.25. The van der Waals surface area contributed by atoms with Crippen LogP contribution in [0.1, 0.15) is 47.5 Å². The van der Waals surface area contributed by atoms with Gasteiger partial charge in [-0.3, -0.25) is 4.79 Å². The molecular weight excluding hydrogens is 176 g/mol. The second kappa shape index (κ2) is 4.78. The van der Waals surface area contributed by atoms with Crippen LogP contribution in [-0.4, -0.2) is 18.0 Å². The lowest BCUT2D eigenvalue weighted by Crippen LogP contribution is -2.51. The topological polar surface area (TPSA) is 55.1 Å². The molecule has 3 nitrogen and oxygen atoms in total. The Morgan fingerprint density at radius 3 is 2.14 bits per heavy atom. The van der Waals surface area contributed by atoms with Gasteiger partial charge in [0.15, 0.2) is 0 Å². The van der Waals surface area contributed by atoms with Crippen molar-refractivity contribution in [3.8, 4) is 0 Å². The Morgan fingerprint density at radius 1 is 1.29 bits per heavy atom. The van der Waals surface area contributed by atoms with Crippen LogP contribution in [0.3, 0.4) is 0 Å². The summed E-state index contributed by atoms with van der Waals surface area (Å²) >= 11 is 0. The van der Waals surface area contributed by atoms with Crippen LogP contribution in [0.4, 0.5) is 0 Å². The molecule has 0 spiro atoms. The molecule has 0 saturated carbocycles. The molecule has 1 atom stereocenters. The van der Waals surface area contributed by atoms with Crippen molar-refractivity contribution >= 4 is 5.91 Å². The quantitative estimate of drug-likeness (QED) is 0.725. The highest BCUT2D eigenvalue weighted by Crippen LogP contribution is 2.17. The normalized spacial score (nSPS) is 16.1. The molecule has 0 rings (SSSR count). The molecule has 0 heterocycles. The van der Waals surface area contributed by atoms with Crippen LogP contribution in [0, 0.1) is 5.41 Å². The van der Waals surface area contributed by atoms with E-state index in [-0.39, 0.29) is 11.3 Å². The highest BCUT2D eigenvalue weighted by molar-refractivity contribution is 5.85. The van der Waals surface area contributed by atoms with E-state index in [1.54, 1.807) is 6.92 Å². The third-order valence-corrected chi connectivity index (χ3v) is 2.41. The summed E-state index contributed by atoms with van der Waals surface area (Å²) < 4.78 is 0. The monoisotopic (exact) mass is 200 g/mol. The molecule has 0 aromatic rings. The van der Waals surface area contributed by atoms with Gasteiger partial charge in [-0.15, -0.1) is 0 Å². The number of nitrogens with one attached hydrogen (secondary N) is 1. The summed E-state index contributed by atoms with van der Waals surface area (Å²) in [5.41, 5.74) is 5.33. The fourth-order valence-electron chi connectivity index (χ4n) is 0.914. The van der Waals surface area contributed by atoms with Gasteiger partial charge in [-0.25, -0.2) is 0 Å². The average Bonchev–Trinajstić information content (AvgIpc) is 2.02. The van der Waals surface area contributed by atoms with Crippen LogP contribution < -0.4 is 11.1 Å². The van der Waals surface area contributed by atoms with Crippen LogP contribution in [0.2, 0.25) is 0 Å². The van der Waals surface area contributed by atoms with Crippen LogP contribution >= 0.6 is 0 Å². The Hall–Kier alpha value is -0.570. The number of carbonyl (C=O) groups excluding carboxylic acids is 1. The molecule has 84 valence electrons. The molecule has 3 heteroatoms. The summed E-state index contributed by atoms with van der Waals surface area (Å²) in [5.74, 6) is -0.0516. The number of nitrogens with two attached hydrogens (primary N) is 1. The second-order valence-corrected chi connectivity index (χ2v) is 5.34. The Labute approximate surface area is 87.4 Å². The SMILES string of the molecule is CCC(C)(N)C(=O)NCCC(C)(C)C. The van der Waals surface area contributed by atoms with Gasteiger partial charge in [-0.1, -0.05) is 27.7 Å².